The summed E-state index contributed by atoms with van der Waals surface area (Å²) in [4.78, 5) is 21.4. The number of carbonyl (C=O) groups excluding carboxylic acids is 1. The Morgan fingerprint density at radius 2 is 1.94 bits per heavy atom. The van der Waals surface area contributed by atoms with Gasteiger partial charge in [0.1, 0.15) is 11.4 Å². The van der Waals surface area contributed by atoms with Gasteiger partial charge in [0.2, 0.25) is 0 Å². The predicted molar refractivity (Wildman–Crippen MR) is 126 cm³/mol. The van der Waals surface area contributed by atoms with E-state index in [4.69, 9.17) is 4.74 Å². The lowest BCUT2D eigenvalue weighted by Gasteiger charge is -2.20. The van der Waals surface area contributed by atoms with Crippen molar-refractivity contribution >= 4 is 38.7 Å². The Balaban J connectivity index is 1.75. The number of ether oxygens (including phenoxy) is 1. The molecule has 0 radical (unpaired) electrons. The Morgan fingerprint density at radius 3 is 2.68 bits per heavy atom. The fourth-order valence-corrected chi connectivity index (χ4v) is 3.93. The van der Waals surface area contributed by atoms with Gasteiger partial charge in [-0.05, 0) is 62.7 Å². The topological polar surface area (TPSA) is 69.0 Å². The van der Waals surface area contributed by atoms with Crippen LogP contribution < -0.4 is 5.32 Å². The van der Waals surface area contributed by atoms with Gasteiger partial charge in [0.05, 0.1) is 5.52 Å². The zero-order valence-corrected chi connectivity index (χ0v) is 19.2. The van der Waals surface area contributed by atoms with Crippen molar-refractivity contribution < 1.29 is 9.53 Å². The third-order valence-electron chi connectivity index (χ3n) is 4.67. The fraction of sp³-hybridized carbons (Fsp3) is 0.208. The van der Waals surface area contributed by atoms with Crippen molar-refractivity contribution in [3.05, 3.63) is 77.3 Å². The average molecular weight is 479 g/mol. The Hall–Kier alpha value is -3.19. The molecule has 0 fully saturated rings. The van der Waals surface area contributed by atoms with Gasteiger partial charge >= 0.3 is 6.09 Å². The van der Waals surface area contributed by atoms with Crippen LogP contribution in [0.5, 0.6) is 0 Å². The molecule has 0 amide bonds. The fourth-order valence-electron chi connectivity index (χ4n) is 3.37. The number of anilines is 1. The summed E-state index contributed by atoms with van der Waals surface area (Å²) in [6.07, 6.45) is 6.68. The van der Waals surface area contributed by atoms with E-state index in [-0.39, 0.29) is 0 Å². The molecule has 0 atom stereocenters. The second-order valence-electron chi connectivity index (χ2n) is 8.14. The van der Waals surface area contributed by atoms with Crippen LogP contribution in [0.3, 0.4) is 0 Å². The summed E-state index contributed by atoms with van der Waals surface area (Å²) in [5.74, 6) is 0.754. The van der Waals surface area contributed by atoms with E-state index in [1.54, 1.807) is 18.6 Å². The molecule has 0 bridgehead atoms. The molecule has 158 valence electrons. The second kappa shape index (κ2) is 8.51. The van der Waals surface area contributed by atoms with Crippen LogP contribution in [0.15, 0.2) is 71.7 Å². The molecule has 1 N–H and O–H groups in total. The Bertz CT molecular complexity index is 1230. The lowest BCUT2D eigenvalue weighted by atomic mass is 10.0. The van der Waals surface area contributed by atoms with Crippen molar-refractivity contribution in [2.24, 2.45) is 0 Å². The summed E-state index contributed by atoms with van der Waals surface area (Å²) >= 11 is 3.69. The number of nitrogens with one attached hydrogen (secondary N) is 1. The van der Waals surface area contributed by atoms with Crippen LogP contribution in [0.25, 0.3) is 22.0 Å². The van der Waals surface area contributed by atoms with Gasteiger partial charge < -0.3 is 10.1 Å². The molecule has 0 aliphatic carbocycles. The lowest BCUT2D eigenvalue weighted by Crippen LogP contribution is -2.26. The van der Waals surface area contributed by atoms with E-state index in [1.165, 1.54) is 4.57 Å². The minimum absolute atomic E-state index is 0.406. The average Bonchev–Trinajstić information content (AvgIpc) is 3.16. The molecule has 3 heterocycles. The van der Waals surface area contributed by atoms with Crippen LogP contribution in [0.4, 0.5) is 10.6 Å². The number of aromatic nitrogens is 3. The lowest BCUT2D eigenvalue weighted by molar-refractivity contribution is 0.0544. The van der Waals surface area contributed by atoms with Crippen molar-refractivity contribution in [2.75, 3.05) is 5.32 Å². The van der Waals surface area contributed by atoms with Gasteiger partial charge in [0, 0.05) is 52.3 Å². The SMILES string of the molecule is CC(C)(C)OC(=O)n1ccc2c(-c3cccnc3NCc3cccnc3)c(Br)ccc21. The maximum atomic E-state index is 12.7. The maximum Gasteiger partial charge on any atom is 0.418 e. The Labute approximate surface area is 189 Å². The molecule has 0 aliphatic rings. The molecule has 31 heavy (non-hydrogen) atoms. The zero-order valence-electron chi connectivity index (χ0n) is 17.6. The van der Waals surface area contributed by atoms with Crippen LogP contribution in [0.1, 0.15) is 26.3 Å². The first-order chi connectivity index (χ1) is 14.8. The van der Waals surface area contributed by atoms with Crippen molar-refractivity contribution in [1.82, 2.24) is 14.5 Å². The number of benzene rings is 1. The van der Waals surface area contributed by atoms with Crippen molar-refractivity contribution in [3.8, 4) is 11.1 Å². The second-order valence-corrected chi connectivity index (χ2v) is 8.99. The summed E-state index contributed by atoms with van der Waals surface area (Å²) in [7, 11) is 0. The summed E-state index contributed by atoms with van der Waals surface area (Å²) in [6.45, 7) is 6.17. The molecule has 7 heteroatoms. The molecule has 6 nitrogen and oxygen atoms in total. The van der Waals surface area contributed by atoms with Gasteiger partial charge in [-0.3, -0.25) is 9.55 Å². The van der Waals surface area contributed by atoms with E-state index in [2.05, 4.69) is 31.2 Å². The van der Waals surface area contributed by atoms with Crippen LogP contribution in [-0.4, -0.2) is 26.2 Å². The number of halogens is 1. The highest BCUT2D eigenvalue weighted by atomic mass is 79.9. The number of nitrogens with zero attached hydrogens (tertiary/aromatic N) is 3. The van der Waals surface area contributed by atoms with Crippen LogP contribution in [0, 0.1) is 0 Å². The van der Waals surface area contributed by atoms with E-state index >= 15 is 0 Å². The normalized spacial score (nSPS) is 11.5. The van der Waals surface area contributed by atoms with E-state index in [9.17, 15) is 4.79 Å². The number of hydrogen-bond acceptors (Lipinski definition) is 5. The van der Waals surface area contributed by atoms with Crippen molar-refractivity contribution in [3.63, 3.8) is 0 Å². The van der Waals surface area contributed by atoms with Gasteiger partial charge in [-0.1, -0.05) is 22.0 Å². The number of pyridine rings is 2. The van der Waals surface area contributed by atoms with Crippen molar-refractivity contribution in [1.29, 1.82) is 0 Å². The Morgan fingerprint density at radius 1 is 1.13 bits per heavy atom. The van der Waals surface area contributed by atoms with E-state index < -0.39 is 11.7 Å². The molecule has 0 spiro atoms. The first-order valence-corrected chi connectivity index (χ1v) is 10.7. The molecule has 4 rings (SSSR count). The molecule has 1 aromatic carbocycles. The molecule has 0 saturated heterocycles. The molecule has 0 unspecified atom stereocenters. The first-order valence-electron chi connectivity index (χ1n) is 9.94. The number of fused-ring (bicyclic) bond motifs is 1. The summed E-state index contributed by atoms with van der Waals surface area (Å²) < 4.78 is 8.01. The highest BCUT2D eigenvalue weighted by Crippen LogP contribution is 2.39. The van der Waals surface area contributed by atoms with E-state index in [0.717, 1.165) is 37.9 Å². The van der Waals surface area contributed by atoms with Gasteiger partial charge in [0.25, 0.3) is 0 Å². The highest BCUT2D eigenvalue weighted by Gasteiger charge is 2.21. The standard InChI is InChI=1S/C24H23BrN4O2/c1-24(2,3)31-23(30)29-13-10-17-20(29)9-8-19(25)21(17)18-7-5-12-27-22(18)28-15-16-6-4-11-26-14-16/h4-14H,15H2,1-3H3,(H,27,28). The minimum atomic E-state index is -0.571. The quantitative estimate of drug-likeness (QED) is 0.375. The van der Waals surface area contributed by atoms with Gasteiger partial charge in [0.15, 0.2) is 0 Å². The third kappa shape index (κ3) is 4.61. The summed E-state index contributed by atoms with van der Waals surface area (Å²) in [6, 6.07) is 13.6. The highest BCUT2D eigenvalue weighted by molar-refractivity contribution is 9.10. The van der Waals surface area contributed by atoms with Crippen LogP contribution in [0.2, 0.25) is 0 Å². The molecule has 0 saturated carbocycles. The van der Waals surface area contributed by atoms with E-state index in [1.807, 2.05) is 69.4 Å². The Kier molecular flexibility index (Phi) is 5.78. The molecule has 3 aromatic heterocycles. The van der Waals surface area contributed by atoms with Crippen LogP contribution in [-0.2, 0) is 11.3 Å². The van der Waals surface area contributed by atoms with Gasteiger partial charge in [-0.15, -0.1) is 0 Å². The molecular weight excluding hydrogens is 456 g/mol. The minimum Gasteiger partial charge on any atom is -0.443 e. The molecular formula is C24H23BrN4O2. The summed E-state index contributed by atoms with van der Waals surface area (Å²) in [5, 5.41) is 4.34. The monoisotopic (exact) mass is 478 g/mol. The van der Waals surface area contributed by atoms with Gasteiger partial charge in [-0.2, -0.15) is 0 Å². The van der Waals surface area contributed by atoms with Crippen LogP contribution >= 0.6 is 15.9 Å². The summed E-state index contributed by atoms with van der Waals surface area (Å²) in [5.41, 5.74) is 3.16. The van der Waals surface area contributed by atoms with Crippen molar-refractivity contribution in [2.45, 2.75) is 32.9 Å². The number of hydrogen-bond donors (Lipinski definition) is 1. The smallest absolute Gasteiger partial charge is 0.418 e. The number of carbonyl (C=O) groups is 1. The largest absolute Gasteiger partial charge is 0.443 e. The molecule has 4 aromatic rings. The predicted octanol–water partition coefficient (Wildman–Crippen LogP) is 6.26. The third-order valence-corrected chi connectivity index (χ3v) is 5.33. The molecule has 0 aliphatic heterocycles. The zero-order chi connectivity index (χ0) is 22.0. The van der Waals surface area contributed by atoms with Gasteiger partial charge in [-0.25, -0.2) is 9.78 Å². The maximum absolute atomic E-state index is 12.7. The van der Waals surface area contributed by atoms with E-state index in [0.29, 0.717) is 6.54 Å². The number of rotatable bonds is 4. The first kappa shape index (κ1) is 21.1.